The highest BCUT2D eigenvalue weighted by Gasteiger charge is 2.20. The van der Waals surface area contributed by atoms with Crippen LogP contribution in [-0.4, -0.2) is 47.4 Å². The van der Waals surface area contributed by atoms with Gasteiger partial charge in [-0.05, 0) is 83.5 Å². The van der Waals surface area contributed by atoms with Crippen LogP contribution >= 0.6 is 0 Å². The molecule has 0 heterocycles. The van der Waals surface area contributed by atoms with Crippen LogP contribution in [-0.2, 0) is 14.3 Å². The number of carbonyl (C=O) groups excluding carboxylic acids is 2. The average molecular weight is 772 g/mol. The van der Waals surface area contributed by atoms with Gasteiger partial charge in [0.25, 0.3) is 0 Å². The number of unbranched alkanes of at least 4 members (excludes halogenated alkanes) is 24. The molecule has 0 fully saturated rings. The second-order valence-corrected chi connectivity index (χ2v) is 15.8. The molecule has 0 rings (SSSR count). The van der Waals surface area contributed by atoms with E-state index in [4.69, 9.17) is 4.74 Å². The summed E-state index contributed by atoms with van der Waals surface area (Å²) in [5, 5.41) is 23.0. The van der Waals surface area contributed by atoms with E-state index in [-0.39, 0.29) is 18.5 Å². The Labute approximate surface area is 340 Å². The number of rotatable bonds is 42. The monoisotopic (exact) mass is 772 g/mol. The Bertz CT molecular complexity index is 942. The summed E-state index contributed by atoms with van der Waals surface area (Å²) in [6.07, 6.45) is 53.6. The van der Waals surface area contributed by atoms with Crippen LogP contribution in [0.3, 0.4) is 0 Å². The Morgan fingerprint density at radius 2 is 1.00 bits per heavy atom. The number of aliphatic hydroxyl groups is 2. The number of hydrogen-bond acceptors (Lipinski definition) is 5. The third-order valence-electron chi connectivity index (χ3n) is 10.4. The van der Waals surface area contributed by atoms with Crippen LogP contribution in [0.5, 0.6) is 0 Å². The van der Waals surface area contributed by atoms with Crippen molar-refractivity contribution in [1.82, 2.24) is 5.32 Å². The first-order chi connectivity index (χ1) is 27.0. The van der Waals surface area contributed by atoms with Crippen molar-refractivity contribution in [3.8, 4) is 0 Å². The lowest BCUT2D eigenvalue weighted by Crippen LogP contribution is -2.45. The van der Waals surface area contributed by atoms with E-state index in [1.165, 1.54) is 103 Å². The summed E-state index contributed by atoms with van der Waals surface area (Å²) >= 11 is 0. The predicted octanol–water partition coefficient (Wildman–Crippen LogP) is 13.5. The maximum Gasteiger partial charge on any atom is 0.305 e. The van der Waals surface area contributed by atoms with E-state index in [0.717, 1.165) is 89.9 Å². The number of carbonyl (C=O) groups is 2. The molecule has 2 unspecified atom stereocenters. The molecule has 0 aliphatic rings. The molecule has 0 aromatic rings. The molecule has 6 nitrogen and oxygen atoms in total. The minimum absolute atomic E-state index is 0.0384. The number of allylic oxidation sites excluding steroid dienone is 8. The largest absolute Gasteiger partial charge is 0.466 e. The van der Waals surface area contributed by atoms with Crippen LogP contribution in [0.15, 0.2) is 48.6 Å². The molecule has 0 aliphatic carbocycles. The van der Waals surface area contributed by atoms with Gasteiger partial charge in [-0.15, -0.1) is 0 Å². The van der Waals surface area contributed by atoms with E-state index < -0.39 is 12.1 Å². The van der Waals surface area contributed by atoms with Gasteiger partial charge in [0.2, 0.25) is 5.91 Å². The molecule has 0 aromatic heterocycles. The maximum absolute atomic E-state index is 12.4. The molecule has 2 atom stereocenters. The quantitative estimate of drug-likeness (QED) is 0.0249. The zero-order valence-electron chi connectivity index (χ0n) is 36.1. The topological polar surface area (TPSA) is 95.9 Å². The van der Waals surface area contributed by atoms with Crippen molar-refractivity contribution in [2.24, 2.45) is 0 Å². The van der Waals surface area contributed by atoms with Gasteiger partial charge < -0.3 is 20.3 Å². The van der Waals surface area contributed by atoms with Gasteiger partial charge in [-0.1, -0.05) is 178 Å². The van der Waals surface area contributed by atoms with Crippen molar-refractivity contribution in [3.63, 3.8) is 0 Å². The smallest absolute Gasteiger partial charge is 0.305 e. The molecule has 0 aliphatic heterocycles. The molecule has 55 heavy (non-hydrogen) atoms. The van der Waals surface area contributed by atoms with E-state index in [9.17, 15) is 19.8 Å². The molecule has 320 valence electrons. The normalized spacial score (nSPS) is 13.2. The standard InChI is InChI=1S/C49H89NO5/c1-3-5-7-9-11-13-15-19-23-27-31-35-39-43-49(54)55-44-40-36-32-28-24-21-18-16-17-20-22-26-30-34-38-42-48(53)50-46(45-51)47(52)41-37-33-29-25-14-12-10-8-6-4-2/h7,9,13,15-16,18,21,24,46-47,51-52H,3-6,8,10-12,14,17,19-20,22-23,25-45H2,1-2H3,(H,50,53)/b9-7-,15-13-,18-16-,24-21-. The van der Waals surface area contributed by atoms with E-state index in [1.54, 1.807) is 0 Å². The summed E-state index contributed by atoms with van der Waals surface area (Å²) in [6.45, 7) is 4.79. The first-order valence-corrected chi connectivity index (χ1v) is 23.4. The van der Waals surface area contributed by atoms with Crippen molar-refractivity contribution < 1.29 is 24.5 Å². The summed E-state index contributed by atoms with van der Waals surface area (Å²) in [5.41, 5.74) is 0. The molecular weight excluding hydrogens is 683 g/mol. The molecule has 0 bridgehead atoms. The molecule has 0 saturated heterocycles. The van der Waals surface area contributed by atoms with E-state index >= 15 is 0 Å². The Morgan fingerprint density at radius 1 is 0.527 bits per heavy atom. The molecule has 0 spiro atoms. The summed E-state index contributed by atoms with van der Waals surface area (Å²) in [6, 6.07) is -0.557. The summed E-state index contributed by atoms with van der Waals surface area (Å²) in [7, 11) is 0. The second kappa shape index (κ2) is 44.5. The van der Waals surface area contributed by atoms with Crippen LogP contribution in [0.25, 0.3) is 0 Å². The first kappa shape index (κ1) is 52.8. The van der Waals surface area contributed by atoms with Gasteiger partial charge in [-0.3, -0.25) is 9.59 Å². The Hall–Kier alpha value is -2.18. The summed E-state index contributed by atoms with van der Waals surface area (Å²) in [5.74, 6) is -0.100. The third kappa shape index (κ3) is 41.3. The summed E-state index contributed by atoms with van der Waals surface area (Å²) < 4.78 is 5.41. The zero-order chi connectivity index (χ0) is 40.1. The van der Waals surface area contributed by atoms with Crippen LogP contribution < -0.4 is 5.32 Å². The molecule has 3 N–H and O–H groups in total. The van der Waals surface area contributed by atoms with Gasteiger partial charge in [-0.25, -0.2) is 0 Å². The number of amides is 1. The highest BCUT2D eigenvalue weighted by Crippen LogP contribution is 2.14. The van der Waals surface area contributed by atoms with Gasteiger partial charge >= 0.3 is 5.97 Å². The molecule has 0 aromatic carbocycles. The van der Waals surface area contributed by atoms with Gasteiger partial charge in [0, 0.05) is 12.8 Å². The fourth-order valence-electron chi connectivity index (χ4n) is 6.72. The Morgan fingerprint density at radius 3 is 1.56 bits per heavy atom. The second-order valence-electron chi connectivity index (χ2n) is 15.8. The Kier molecular flexibility index (Phi) is 42.8. The number of hydrogen-bond donors (Lipinski definition) is 3. The number of esters is 1. The highest BCUT2D eigenvalue weighted by atomic mass is 16.5. The lowest BCUT2D eigenvalue weighted by Gasteiger charge is -2.22. The van der Waals surface area contributed by atoms with E-state index in [1.807, 2.05) is 0 Å². The van der Waals surface area contributed by atoms with Crippen molar-refractivity contribution in [2.75, 3.05) is 13.2 Å². The van der Waals surface area contributed by atoms with Gasteiger partial charge in [-0.2, -0.15) is 0 Å². The molecule has 0 radical (unpaired) electrons. The van der Waals surface area contributed by atoms with Crippen molar-refractivity contribution in [1.29, 1.82) is 0 Å². The maximum atomic E-state index is 12.4. The van der Waals surface area contributed by atoms with Crippen LogP contribution in [0, 0.1) is 0 Å². The lowest BCUT2D eigenvalue weighted by molar-refractivity contribution is -0.143. The van der Waals surface area contributed by atoms with Gasteiger partial charge in [0.05, 0.1) is 25.4 Å². The van der Waals surface area contributed by atoms with Crippen LogP contribution in [0.1, 0.15) is 226 Å². The molecule has 6 heteroatoms. The van der Waals surface area contributed by atoms with Gasteiger partial charge in [0.1, 0.15) is 0 Å². The summed E-state index contributed by atoms with van der Waals surface area (Å²) in [4.78, 5) is 24.3. The van der Waals surface area contributed by atoms with Gasteiger partial charge in [0.15, 0.2) is 0 Å². The van der Waals surface area contributed by atoms with E-state index in [2.05, 4.69) is 67.8 Å². The molecule has 1 amide bonds. The van der Waals surface area contributed by atoms with Crippen molar-refractivity contribution in [3.05, 3.63) is 48.6 Å². The molecular formula is C49H89NO5. The highest BCUT2D eigenvalue weighted by molar-refractivity contribution is 5.76. The lowest BCUT2D eigenvalue weighted by atomic mass is 10.0. The third-order valence-corrected chi connectivity index (χ3v) is 10.4. The number of aliphatic hydroxyl groups excluding tert-OH is 2. The minimum Gasteiger partial charge on any atom is -0.466 e. The number of nitrogens with one attached hydrogen (secondary N) is 1. The van der Waals surface area contributed by atoms with Crippen LogP contribution in [0.4, 0.5) is 0 Å². The zero-order valence-corrected chi connectivity index (χ0v) is 36.1. The van der Waals surface area contributed by atoms with Crippen LogP contribution in [0.2, 0.25) is 0 Å². The SMILES string of the molecule is CCC/C=C\C/C=C\CCCCCCCC(=O)OCCCCC/C=C\C=C/CCCCCCCCC(=O)NC(CO)C(O)CCCCCCCCCCCC. The average Bonchev–Trinajstić information content (AvgIpc) is 3.18. The predicted molar refractivity (Wildman–Crippen MR) is 236 cm³/mol. The van der Waals surface area contributed by atoms with Crippen molar-refractivity contribution in [2.45, 2.75) is 238 Å². The van der Waals surface area contributed by atoms with E-state index in [0.29, 0.717) is 25.9 Å². The minimum atomic E-state index is -0.677. The molecule has 0 saturated carbocycles. The Balaban J connectivity index is 3.55. The number of ether oxygens (including phenoxy) is 1. The van der Waals surface area contributed by atoms with Crippen molar-refractivity contribution >= 4 is 11.9 Å². The fourth-order valence-corrected chi connectivity index (χ4v) is 6.72. The fraction of sp³-hybridized carbons (Fsp3) is 0.796. The first-order valence-electron chi connectivity index (χ1n) is 23.4.